The first-order chi connectivity index (χ1) is 12.8. The highest BCUT2D eigenvalue weighted by molar-refractivity contribution is 8.00. The van der Waals surface area contributed by atoms with Crippen LogP contribution in [0.1, 0.15) is 37.9 Å². The number of hydrogen-bond acceptors (Lipinski definition) is 4. The number of amides is 1. The Morgan fingerprint density at radius 3 is 2.48 bits per heavy atom. The molecule has 0 fully saturated rings. The molecule has 3 aromatic rings. The van der Waals surface area contributed by atoms with Gasteiger partial charge in [-0.1, -0.05) is 17.8 Å². The molecule has 1 amide bonds. The molecule has 2 heterocycles. The van der Waals surface area contributed by atoms with Crippen molar-refractivity contribution in [3.8, 4) is 5.69 Å². The van der Waals surface area contributed by atoms with E-state index in [1.807, 2.05) is 37.6 Å². The Morgan fingerprint density at radius 1 is 1.11 bits per heavy atom. The third-order valence-corrected chi connectivity index (χ3v) is 5.23. The third kappa shape index (κ3) is 4.42. The van der Waals surface area contributed by atoms with E-state index in [0.717, 1.165) is 10.8 Å². The summed E-state index contributed by atoms with van der Waals surface area (Å²) in [5.41, 5.74) is 3.45. The Hall–Kier alpha value is -2.54. The molecule has 0 saturated carbocycles. The molecule has 1 aromatic carbocycles. The molecule has 6 nitrogen and oxygen atoms in total. The average molecular weight is 384 g/mol. The molecule has 3 rings (SSSR count). The van der Waals surface area contributed by atoms with Crippen LogP contribution in [-0.4, -0.2) is 30.5 Å². The van der Waals surface area contributed by atoms with Gasteiger partial charge < -0.3 is 5.32 Å². The second-order valence-electron chi connectivity index (χ2n) is 6.93. The minimum atomic E-state index is -0.299. The number of aryl methyl sites for hydroxylation is 2. The zero-order valence-electron chi connectivity index (χ0n) is 16.3. The van der Waals surface area contributed by atoms with E-state index >= 15 is 0 Å². The molecule has 0 radical (unpaired) electrons. The lowest BCUT2D eigenvalue weighted by atomic mass is 10.1. The number of hydrogen-bond donors (Lipinski definition) is 1. The van der Waals surface area contributed by atoms with Gasteiger partial charge in [0.2, 0.25) is 5.91 Å². The van der Waals surface area contributed by atoms with Crippen LogP contribution in [0, 0.1) is 13.8 Å². The number of aromatic nitrogens is 4. The van der Waals surface area contributed by atoms with Gasteiger partial charge in [-0.15, -0.1) is 0 Å². The molecular formula is C20H25N5OS. The SMILES string of the molecule is Cc1cc(C)cc(-n2ccnc2SC(C)C(=O)Nc2ccnn2C(C)C)c1. The van der Waals surface area contributed by atoms with Crippen LogP contribution < -0.4 is 5.32 Å². The number of benzene rings is 1. The maximum absolute atomic E-state index is 12.7. The first-order valence-electron chi connectivity index (χ1n) is 8.98. The van der Waals surface area contributed by atoms with E-state index in [2.05, 4.69) is 47.4 Å². The van der Waals surface area contributed by atoms with Gasteiger partial charge in [-0.3, -0.25) is 9.36 Å². The van der Waals surface area contributed by atoms with Crippen molar-refractivity contribution in [3.63, 3.8) is 0 Å². The van der Waals surface area contributed by atoms with Crippen LogP contribution in [0.3, 0.4) is 0 Å². The van der Waals surface area contributed by atoms with Gasteiger partial charge in [-0.2, -0.15) is 5.10 Å². The maximum atomic E-state index is 12.7. The van der Waals surface area contributed by atoms with E-state index in [0.29, 0.717) is 5.82 Å². The van der Waals surface area contributed by atoms with Crippen LogP contribution in [0.4, 0.5) is 5.82 Å². The van der Waals surface area contributed by atoms with E-state index in [1.165, 1.54) is 22.9 Å². The van der Waals surface area contributed by atoms with Gasteiger partial charge in [0.25, 0.3) is 0 Å². The minimum Gasteiger partial charge on any atom is -0.310 e. The van der Waals surface area contributed by atoms with E-state index in [4.69, 9.17) is 0 Å². The maximum Gasteiger partial charge on any atom is 0.238 e. The zero-order chi connectivity index (χ0) is 19.6. The molecule has 2 aromatic heterocycles. The predicted octanol–water partition coefficient (Wildman–Crippen LogP) is 4.39. The second-order valence-corrected chi connectivity index (χ2v) is 8.24. The molecule has 1 N–H and O–H groups in total. The number of carbonyl (C=O) groups is 1. The molecule has 0 spiro atoms. The molecule has 0 aliphatic heterocycles. The van der Waals surface area contributed by atoms with Crippen molar-refractivity contribution in [3.05, 3.63) is 54.0 Å². The van der Waals surface area contributed by atoms with Crippen molar-refractivity contribution in [1.82, 2.24) is 19.3 Å². The molecule has 0 bridgehead atoms. The molecule has 1 unspecified atom stereocenters. The summed E-state index contributed by atoms with van der Waals surface area (Å²) in [5.74, 6) is 0.637. The number of nitrogens with zero attached hydrogens (tertiary/aromatic N) is 4. The van der Waals surface area contributed by atoms with Gasteiger partial charge in [0.15, 0.2) is 5.16 Å². The van der Waals surface area contributed by atoms with Gasteiger partial charge in [-0.25, -0.2) is 9.67 Å². The fourth-order valence-corrected chi connectivity index (χ4v) is 3.81. The van der Waals surface area contributed by atoms with E-state index in [1.54, 1.807) is 17.1 Å². The van der Waals surface area contributed by atoms with Gasteiger partial charge in [-0.05, 0) is 57.9 Å². The highest BCUT2D eigenvalue weighted by atomic mass is 32.2. The molecule has 142 valence electrons. The van der Waals surface area contributed by atoms with Crippen molar-refractivity contribution >= 4 is 23.5 Å². The van der Waals surface area contributed by atoms with Crippen molar-refractivity contribution in [2.75, 3.05) is 5.32 Å². The van der Waals surface area contributed by atoms with Gasteiger partial charge in [0, 0.05) is 30.2 Å². The minimum absolute atomic E-state index is 0.0719. The molecule has 7 heteroatoms. The number of rotatable bonds is 6. The normalized spacial score (nSPS) is 12.4. The third-order valence-electron chi connectivity index (χ3n) is 4.15. The van der Waals surface area contributed by atoms with Crippen molar-refractivity contribution in [2.45, 2.75) is 51.1 Å². The van der Waals surface area contributed by atoms with Crippen molar-refractivity contribution < 1.29 is 4.79 Å². The number of thioether (sulfide) groups is 1. The molecule has 0 saturated heterocycles. The second kappa shape index (κ2) is 8.00. The van der Waals surface area contributed by atoms with E-state index in [9.17, 15) is 4.79 Å². The Bertz CT molecular complexity index is 923. The Kier molecular flexibility index (Phi) is 5.70. The molecular weight excluding hydrogens is 358 g/mol. The topological polar surface area (TPSA) is 64.7 Å². The van der Waals surface area contributed by atoms with Crippen LogP contribution in [0.25, 0.3) is 5.69 Å². The highest BCUT2D eigenvalue weighted by Gasteiger charge is 2.19. The lowest BCUT2D eigenvalue weighted by molar-refractivity contribution is -0.115. The van der Waals surface area contributed by atoms with Gasteiger partial charge in [0.05, 0.1) is 11.4 Å². The monoisotopic (exact) mass is 383 g/mol. The van der Waals surface area contributed by atoms with Crippen LogP contribution in [0.5, 0.6) is 0 Å². The fourth-order valence-electron chi connectivity index (χ4n) is 2.93. The molecule has 27 heavy (non-hydrogen) atoms. The lowest BCUT2D eigenvalue weighted by Crippen LogP contribution is -2.25. The molecule has 1 atom stereocenters. The summed E-state index contributed by atoms with van der Waals surface area (Å²) in [6.45, 7) is 10.1. The zero-order valence-corrected chi connectivity index (χ0v) is 17.1. The number of imidazole rings is 1. The number of nitrogens with one attached hydrogen (secondary N) is 1. The van der Waals surface area contributed by atoms with Gasteiger partial charge >= 0.3 is 0 Å². The summed E-state index contributed by atoms with van der Waals surface area (Å²) in [4.78, 5) is 17.1. The quantitative estimate of drug-likeness (QED) is 0.641. The standard InChI is InChI=1S/C20H25N5OS/c1-13(2)25-18(6-7-22-25)23-19(26)16(5)27-20-21-8-9-24(20)17-11-14(3)10-15(4)12-17/h6-13,16H,1-5H3,(H,23,26). The summed E-state index contributed by atoms with van der Waals surface area (Å²) in [7, 11) is 0. The summed E-state index contributed by atoms with van der Waals surface area (Å²) < 4.78 is 3.82. The smallest absolute Gasteiger partial charge is 0.238 e. The van der Waals surface area contributed by atoms with Crippen LogP contribution >= 0.6 is 11.8 Å². The van der Waals surface area contributed by atoms with Gasteiger partial charge in [0.1, 0.15) is 5.82 Å². The van der Waals surface area contributed by atoms with Crippen LogP contribution in [0.15, 0.2) is 48.0 Å². The molecule has 0 aliphatic carbocycles. The Labute approximate surface area is 164 Å². The van der Waals surface area contributed by atoms with Crippen LogP contribution in [-0.2, 0) is 4.79 Å². The largest absolute Gasteiger partial charge is 0.310 e. The molecule has 0 aliphatic rings. The predicted molar refractivity (Wildman–Crippen MR) is 110 cm³/mol. The summed E-state index contributed by atoms with van der Waals surface area (Å²) >= 11 is 1.44. The number of anilines is 1. The van der Waals surface area contributed by atoms with Crippen molar-refractivity contribution in [1.29, 1.82) is 0 Å². The first-order valence-corrected chi connectivity index (χ1v) is 9.86. The fraction of sp³-hybridized carbons (Fsp3) is 0.350. The van der Waals surface area contributed by atoms with Crippen LogP contribution in [0.2, 0.25) is 0 Å². The Balaban J connectivity index is 1.75. The Morgan fingerprint density at radius 2 is 1.81 bits per heavy atom. The van der Waals surface area contributed by atoms with Crippen molar-refractivity contribution in [2.24, 2.45) is 0 Å². The lowest BCUT2D eigenvalue weighted by Gasteiger charge is -2.15. The summed E-state index contributed by atoms with van der Waals surface area (Å²) in [6, 6.07) is 8.36. The van der Waals surface area contributed by atoms with E-state index < -0.39 is 0 Å². The number of carbonyl (C=O) groups excluding carboxylic acids is 1. The highest BCUT2D eigenvalue weighted by Crippen LogP contribution is 2.26. The average Bonchev–Trinajstić information content (AvgIpc) is 3.23. The van der Waals surface area contributed by atoms with E-state index in [-0.39, 0.29) is 17.2 Å². The summed E-state index contributed by atoms with van der Waals surface area (Å²) in [5, 5.41) is 7.71. The summed E-state index contributed by atoms with van der Waals surface area (Å²) in [6.07, 6.45) is 5.38. The first kappa shape index (κ1) is 19.2.